The van der Waals surface area contributed by atoms with Gasteiger partial charge in [-0.2, -0.15) is 26.3 Å². The van der Waals surface area contributed by atoms with Crippen LogP contribution in [0, 0.1) is 5.92 Å². The van der Waals surface area contributed by atoms with E-state index in [9.17, 15) is 31.1 Å². The Labute approximate surface area is 92.6 Å². The Hall–Kier alpha value is -0.990. The van der Waals surface area contributed by atoms with Gasteiger partial charge in [0.15, 0.2) is 0 Å². The molecule has 0 saturated heterocycles. The van der Waals surface area contributed by atoms with E-state index in [1.807, 2.05) is 0 Å². The third kappa shape index (κ3) is 7.83. The van der Waals surface area contributed by atoms with Crippen molar-refractivity contribution >= 4 is 5.97 Å². The molecule has 0 aliphatic rings. The summed E-state index contributed by atoms with van der Waals surface area (Å²) in [5.41, 5.74) is 4.92. The van der Waals surface area contributed by atoms with E-state index < -0.39 is 49.5 Å². The van der Waals surface area contributed by atoms with Gasteiger partial charge in [0.05, 0.1) is 18.8 Å². The number of aliphatic carboxylic acids is 1. The smallest absolute Gasteiger partial charge is 0.392 e. The Morgan fingerprint density at radius 2 is 1.65 bits per heavy atom. The fraction of sp³-hybridized carbons (Fsp3) is 0.875. The number of carboxylic acids is 1. The van der Waals surface area contributed by atoms with E-state index in [0.29, 0.717) is 0 Å². The second kappa shape index (κ2) is 5.56. The van der Waals surface area contributed by atoms with E-state index >= 15 is 0 Å². The lowest BCUT2D eigenvalue weighted by Crippen LogP contribution is -2.35. The average molecular weight is 267 g/mol. The summed E-state index contributed by atoms with van der Waals surface area (Å²) in [5.74, 6) is -4.09. The number of alkyl halides is 6. The first-order chi connectivity index (χ1) is 7.42. The minimum atomic E-state index is -4.87. The Balaban J connectivity index is 4.49. The van der Waals surface area contributed by atoms with Crippen molar-refractivity contribution in [2.45, 2.75) is 37.7 Å². The van der Waals surface area contributed by atoms with Crippen LogP contribution < -0.4 is 5.73 Å². The maximum atomic E-state index is 12.3. The first kappa shape index (κ1) is 16.0. The van der Waals surface area contributed by atoms with Gasteiger partial charge in [-0.1, -0.05) is 0 Å². The number of rotatable bonds is 5. The molecule has 17 heavy (non-hydrogen) atoms. The van der Waals surface area contributed by atoms with E-state index in [4.69, 9.17) is 10.8 Å². The monoisotopic (exact) mass is 267 g/mol. The zero-order valence-electron chi connectivity index (χ0n) is 8.48. The predicted molar refractivity (Wildman–Crippen MR) is 45.1 cm³/mol. The van der Waals surface area contributed by atoms with Gasteiger partial charge in [0.25, 0.3) is 0 Å². The highest BCUT2D eigenvalue weighted by Gasteiger charge is 2.43. The summed E-state index contributed by atoms with van der Waals surface area (Å²) in [5, 5.41) is 8.23. The van der Waals surface area contributed by atoms with Crippen molar-refractivity contribution in [1.29, 1.82) is 0 Å². The summed E-state index contributed by atoms with van der Waals surface area (Å²) in [6.07, 6.45) is -13.5. The molecular weight excluding hydrogens is 256 g/mol. The molecule has 0 aliphatic heterocycles. The van der Waals surface area contributed by atoms with Crippen molar-refractivity contribution in [2.24, 2.45) is 11.7 Å². The minimum absolute atomic E-state index is 1.06. The Morgan fingerprint density at radius 1 is 1.18 bits per heavy atom. The van der Waals surface area contributed by atoms with Crippen molar-refractivity contribution in [1.82, 2.24) is 0 Å². The molecule has 9 heteroatoms. The molecule has 0 unspecified atom stereocenters. The molecule has 3 nitrogen and oxygen atoms in total. The van der Waals surface area contributed by atoms with Crippen molar-refractivity contribution in [2.75, 3.05) is 0 Å². The summed E-state index contributed by atoms with van der Waals surface area (Å²) in [6.45, 7) is 0. The first-order valence-corrected chi connectivity index (χ1v) is 4.52. The molecule has 0 aliphatic carbocycles. The van der Waals surface area contributed by atoms with E-state index in [1.54, 1.807) is 0 Å². The van der Waals surface area contributed by atoms with Crippen LogP contribution >= 0.6 is 0 Å². The van der Waals surface area contributed by atoms with Gasteiger partial charge in [-0.05, 0) is 6.42 Å². The topological polar surface area (TPSA) is 63.3 Å². The van der Waals surface area contributed by atoms with Crippen LogP contribution in [0.25, 0.3) is 0 Å². The molecule has 0 saturated carbocycles. The number of carbonyl (C=O) groups is 1. The van der Waals surface area contributed by atoms with Gasteiger partial charge in [-0.3, -0.25) is 4.79 Å². The van der Waals surface area contributed by atoms with Gasteiger partial charge in [-0.15, -0.1) is 0 Å². The average Bonchev–Trinajstić information content (AvgIpc) is 1.95. The van der Waals surface area contributed by atoms with Crippen molar-refractivity contribution in [3.05, 3.63) is 0 Å². The van der Waals surface area contributed by atoms with Gasteiger partial charge in [0.1, 0.15) is 0 Å². The van der Waals surface area contributed by atoms with Crippen molar-refractivity contribution in [3.8, 4) is 0 Å². The Kier molecular flexibility index (Phi) is 5.24. The highest BCUT2D eigenvalue weighted by Crippen LogP contribution is 2.34. The molecule has 0 rings (SSSR count). The van der Waals surface area contributed by atoms with Gasteiger partial charge in [0.2, 0.25) is 0 Å². The number of nitrogens with two attached hydrogens (primary N) is 1. The Morgan fingerprint density at radius 3 is 1.94 bits per heavy atom. The van der Waals surface area contributed by atoms with Crippen LogP contribution in [0.3, 0.4) is 0 Å². The third-order valence-corrected chi connectivity index (χ3v) is 1.96. The zero-order valence-corrected chi connectivity index (χ0v) is 8.48. The summed E-state index contributed by atoms with van der Waals surface area (Å²) in [4.78, 5) is 10.2. The highest BCUT2D eigenvalue weighted by atomic mass is 19.4. The number of carboxylic acid groups (broad SMARTS) is 1. The molecule has 0 amide bonds. The molecule has 3 N–H and O–H groups in total. The molecule has 102 valence electrons. The normalized spacial score (nSPS) is 16.6. The van der Waals surface area contributed by atoms with Crippen LogP contribution in [0.4, 0.5) is 26.3 Å². The van der Waals surface area contributed by atoms with Crippen molar-refractivity contribution in [3.63, 3.8) is 0 Å². The van der Waals surface area contributed by atoms with Crippen molar-refractivity contribution < 1.29 is 36.2 Å². The molecule has 0 fully saturated rings. The molecule has 0 aromatic carbocycles. The first-order valence-electron chi connectivity index (χ1n) is 4.52. The molecular formula is C8H11F6NO2. The van der Waals surface area contributed by atoms with Crippen LogP contribution in [0.2, 0.25) is 0 Å². The van der Waals surface area contributed by atoms with E-state index in [0.717, 1.165) is 0 Å². The quantitative estimate of drug-likeness (QED) is 0.751. The summed E-state index contributed by atoms with van der Waals surface area (Å²) in [7, 11) is 0. The van der Waals surface area contributed by atoms with E-state index in [2.05, 4.69) is 0 Å². The fourth-order valence-electron chi connectivity index (χ4n) is 1.29. The van der Waals surface area contributed by atoms with Gasteiger partial charge in [0, 0.05) is 6.04 Å². The number of hydrogen-bond donors (Lipinski definition) is 2. The van der Waals surface area contributed by atoms with Gasteiger partial charge in [-0.25, -0.2) is 0 Å². The maximum absolute atomic E-state index is 12.3. The maximum Gasteiger partial charge on any atom is 0.392 e. The van der Waals surface area contributed by atoms with E-state index in [1.165, 1.54) is 0 Å². The van der Waals surface area contributed by atoms with Crippen LogP contribution in [-0.4, -0.2) is 29.5 Å². The third-order valence-electron chi connectivity index (χ3n) is 1.96. The Bertz CT molecular complexity index is 262. The zero-order chi connectivity index (χ0) is 13.9. The molecule has 0 aromatic heterocycles. The lowest BCUT2D eigenvalue weighted by atomic mass is 9.94. The van der Waals surface area contributed by atoms with Gasteiger partial charge < -0.3 is 10.8 Å². The van der Waals surface area contributed by atoms with Crippen LogP contribution in [0.15, 0.2) is 0 Å². The molecule has 0 heterocycles. The fourth-order valence-corrected chi connectivity index (χ4v) is 1.29. The highest BCUT2D eigenvalue weighted by molar-refractivity contribution is 5.67. The van der Waals surface area contributed by atoms with Gasteiger partial charge >= 0.3 is 18.3 Å². The molecule has 0 aromatic rings. The summed E-state index contributed by atoms with van der Waals surface area (Å²) < 4.78 is 72.3. The standard InChI is InChI=1S/C8H11F6NO2/c9-7(10,11)3-5(15)1-4(2-6(16)17)8(12,13)14/h4-5H,1-3,15H2,(H,16,17)/t4-,5-/m1/s1. The second-order valence-electron chi connectivity index (χ2n) is 3.65. The summed E-state index contributed by atoms with van der Waals surface area (Å²) >= 11 is 0. The van der Waals surface area contributed by atoms with Crippen LogP contribution in [0.1, 0.15) is 19.3 Å². The molecule has 0 radical (unpaired) electrons. The second-order valence-corrected chi connectivity index (χ2v) is 3.65. The number of halogens is 6. The number of hydrogen-bond acceptors (Lipinski definition) is 2. The summed E-state index contributed by atoms with van der Waals surface area (Å²) in [6, 6.07) is -1.76. The largest absolute Gasteiger partial charge is 0.481 e. The lowest BCUT2D eigenvalue weighted by Gasteiger charge is -2.22. The molecule has 0 bridgehead atoms. The SMILES string of the molecule is N[C@H](C[C@H](CC(=O)O)C(F)(F)F)CC(F)(F)F. The minimum Gasteiger partial charge on any atom is -0.481 e. The van der Waals surface area contributed by atoms with Crippen LogP contribution in [-0.2, 0) is 4.79 Å². The molecule has 0 spiro atoms. The van der Waals surface area contributed by atoms with E-state index in [-0.39, 0.29) is 0 Å². The predicted octanol–water partition coefficient (Wildman–Crippen LogP) is 2.31. The van der Waals surface area contributed by atoms with Crippen LogP contribution in [0.5, 0.6) is 0 Å². The lowest BCUT2D eigenvalue weighted by molar-refractivity contribution is -0.188. The molecule has 2 atom stereocenters.